The van der Waals surface area contributed by atoms with Gasteiger partial charge in [0.05, 0.1) is 35.2 Å². The lowest BCUT2D eigenvalue weighted by Gasteiger charge is -2.25. The van der Waals surface area contributed by atoms with Crippen LogP contribution in [0.3, 0.4) is 0 Å². The van der Waals surface area contributed by atoms with Crippen LogP contribution in [0.5, 0.6) is 0 Å². The second-order valence-electron chi connectivity index (χ2n) is 9.48. The molecule has 38 heavy (non-hydrogen) atoms. The Labute approximate surface area is 228 Å². The van der Waals surface area contributed by atoms with Crippen LogP contribution in [0.2, 0.25) is 5.02 Å². The van der Waals surface area contributed by atoms with E-state index in [1.807, 2.05) is 25.1 Å². The average molecular weight is 558 g/mol. The van der Waals surface area contributed by atoms with E-state index >= 15 is 0 Å². The third-order valence-electron chi connectivity index (χ3n) is 6.75. The number of urea groups is 1. The summed E-state index contributed by atoms with van der Waals surface area (Å²) in [5, 5.41) is 12.8. The second-order valence-corrected chi connectivity index (χ2v) is 11.1. The molecule has 2 N–H and O–H groups in total. The van der Waals surface area contributed by atoms with E-state index in [4.69, 9.17) is 21.4 Å². The lowest BCUT2D eigenvalue weighted by Crippen LogP contribution is -2.39. The summed E-state index contributed by atoms with van der Waals surface area (Å²) in [5.41, 5.74) is 4.57. The Morgan fingerprint density at radius 1 is 1.29 bits per heavy atom. The van der Waals surface area contributed by atoms with Gasteiger partial charge in [-0.15, -0.1) is 11.3 Å². The number of aliphatic carboxylic acids is 1. The van der Waals surface area contributed by atoms with E-state index in [0.717, 1.165) is 50.6 Å². The number of aryl methyl sites for hydroxylation is 1. The number of halogens is 1. The average Bonchev–Trinajstić information content (AvgIpc) is 3.41. The second kappa shape index (κ2) is 11.3. The number of nitrogens with one attached hydrogen (secondary N) is 1. The number of fused-ring (bicyclic) bond motifs is 1. The largest absolute Gasteiger partial charge is 0.481 e. The molecule has 3 aromatic rings. The Kier molecular flexibility index (Phi) is 7.89. The summed E-state index contributed by atoms with van der Waals surface area (Å²) in [6.45, 7) is 4.63. The molecule has 0 spiro atoms. The molecule has 1 aromatic carbocycles. The van der Waals surface area contributed by atoms with Crippen LogP contribution in [-0.4, -0.2) is 81.7 Å². The van der Waals surface area contributed by atoms with E-state index in [1.54, 1.807) is 0 Å². The Balaban J connectivity index is 1.42. The topological polar surface area (TPSA) is 125 Å². The van der Waals surface area contributed by atoms with Gasteiger partial charge >= 0.3 is 12.0 Å². The van der Waals surface area contributed by atoms with Crippen LogP contribution in [0, 0.1) is 6.92 Å². The number of morpholine rings is 1. The third-order valence-corrected chi connectivity index (χ3v) is 8.09. The molecule has 2 saturated heterocycles. The van der Waals surface area contributed by atoms with Gasteiger partial charge < -0.3 is 20.1 Å². The number of rotatable bonds is 9. The zero-order valence-corrected chi connectivity index (χ0v) is 22.5. The maximum absolute atomic E-state index is 12.8. The number of carbonyl (C=O) groups is 3. The number of carboxylic acid groups (broad SMARTS) is 1. The number of imide groups is 1. The van der Waals surface area contributed by atoms with Crippen molar-refractivity contribution in [3.05, 3.63) is 45.6 Å². The van der Waals surface area contributed by atoms with Gasteiger partial charge in [0, 0.05) is 47.9 Å². The van der Waals surface area contributed by atoms with Gasteiger partial charge in [-0.3, -0.25) is 14.5 Å². The number of thiophene rings is 1. The van der Waals surface area contributed by atoms with Crippen molar-refractivity contribution in [3.8, 4) is 11.3 Å². The SMILES string of the molecule is Cc1cc(Cl)cc(-c2ncnc3cc(CN4C(=O)CN(CCCC(=O)O)C4=O)sc23)c1C[C@@H]1CNCCO1. The summed E-state index contributed by atoms with van der Waals surface area (Å²) in [4.78, 5) is 48.7. The first-order valence-electron chi connectivity index (χ1n) is 12.5. The number of hydrogen-bond donors (Lipinski definition) is 2. The predicted molar refractivity (Wildman–Crippen MR) is 143 cm³/mol. The van der Waals surface area contributed by atoms with Crippen molar-refractivity contribution in [2.45, 2.75) is 38.8 Å². The van der Waals surface area contributed by atoms with Crippen LogP contribution in [0.25, 0.3) is 21.5 Å². The van der Waals surface area contributed by atoms with Crippen molar-refractivity contribution in [1.29, 1.82) is 0 Å². The van der Waals surface area contributed by atoms with Crippen LogP contribution in [0.4, 0.5) is 4.79 Å². The van der Waals surface area contributed by atoms with Crippen molar-refractivity contribution in [1.82, 2.24) is 25.1 Å². The first-order chi connectivity index (χ1) is 18.3. The van der Waals surface area contributed by atoms with E-state index < -0.39 is 12.0 Å². The van der Waals surface area contributed by atoms with Gasteiger partial charge in [-0.25, -0.2) is 14.8 Å². The number of benzene rings is 1. The molecule has 10 nitrogen and oxygen atoms in total. The van der Waals surface area contributed by atoms with Crippen molar-refractivity contribution < 1.29 is 24.2 Å². The maximum Gasteiger partial charge on any atom is 0.327 e. The molecule has 1 atom stereocenters. The molecule has 0 aliphatic carbocycles. The number of amides is 3. The summed E-state index contributed by atoms with van der Waals surface area (Å²) in [7, 11) is 0. The van der Waals surface area contributed by atoms with E-state index in [0.29, 0.717) is 24.5 Å². The minimum Gasteiger partial charge on any atom is -0.481 e. The molecule has 2 aromatic heterocycles. The summed E-state index contributed by atoms with van der Waals surface area (Å²) < 4.78 is 6.81. The maximum atomic E-state index is 12.8. The summed E-state index contributed by atoms with van der Waals surface area (Å²) in [5.74, 6) is -1.23. The molecule has 0 bridgehead atoms. The lowest BCUT2D eigenvalue weighted by molar-refractivity contribution is -0.137. The van der Waals surface area contributed by atoms with Crippen molar-refractivity contribution in [2.75, 3.05) is 32.8 Å². The van der Waals surface area contributed by atoms with Crippen molar-refractivity contribution >= 4 is 51.1 Å². The molecule has 2 fully saturated rings. The fourth-order valence-electron chi connectivity index (χ4n) is 4.91. The molecule has 3 amide bonds. The first-order valence-corrected chi connectivity index (χ1v) is 13.7. The van der Waals surface area contributed by atoms with E-state index in [1.165, 1.54) is 27.5 Å². The van der Waals surface area contributed by atoms with Gasteiger partial charge in [0.25, 0.3) is 5.91 Å². The lowest BCUT2D eigenvalue weighted by atomic mass is 9.94. The fraction of sp³-hybridized carbons (Fsp3) is 0.423. The molecule has 200 valence electrons. The highest BCUT2D eigenvalue weighted by Gasteiger charge is 2.36. The molecule has 0 radical (unpaired) electrons. The standard InChI is InChI=1S/C26H28ClN5O5S/c1-15-7-16(27)8-20(19(15)9-17-11-28-4-6-37-17)24-25-21(29-14-30-24)10-18(38-25)12-32-22(33)13-31(26(32)36)5-2-3-23(34)35/h7-8,10,14,17,28H,2-6,9,11-13H2,1H3,(H,34,35)/t17-/m1/s1. The number of ether oxygens (including phenoxy) is 1. The van der Waals surface area contributed by atoms with Crippen LogP contribution >= 0.6 is 22.9 Å². The Bertz CT molecular complexity index is 1390. The molecule has 5 rings (SSSR count). The van der Waals surface area contributed by atoms with Crippen molar-refractivity contribution in [3.63, 3.8) is 0 Å². The Morgan fingerprint density at radius 3 is 2.89 bits per heavy atom. The highest BCUT2D eigenvalue weighted by Crippen LogP contribution is 2.37. The Hall–Kier alpha value is -3.12. The van der Waals surface area contributed by atoms with Gasteiger partial charge in [-0.05, 0) is 42.7 Å². The van der Waals surface area contributed by atoms with Crippen LogP contribution < -0.4 is 5.32 Å². The fourth-order valence-corrected chi connectivity index (χ4v) is 6.28. The summed E-state index contributed by atoms with van der Waals surface area (Å²) >= 11 is 7.93. The minimum absolute atomic E-state index is 0.0440. The van der Waals surface area contributed by atoms with E-state index in [-0.39, 0.29) is 38.1 Å². The summed E-state index contributed by atoms with van der Waals surface area (Å²) in [6.07, 6.45) is 2.52. The number of carbonyl (C=O) groups excluding carboxylic acids is 2. The normalized spacial score (nSPS) is 18.1. The van der Waals surface area contributed by atoms with Gasteiger partial charge in [0.1, 0.15) is 12.9 Å². The molecule has 2 aliphatic heterocycles. The van der Waals surface area contributed by atoms with Crippen molar-refractivity contribution in [2.24, 2.45) is 0 Å². The van der Waals surface area contributed by atoms with Gasteiger partial charge in [0.2, 0.25) is 0 Å². The van der Waals surface area contributed by atoms with Crippen LogP contribution in [-0.2, 0) is 27.3 Å². The Morgan fingerprint density at radius 2 is 2.13 bits per heavy atom. The van der Waals surface area contributed by atoms with Gasteiger partial charge in [-0.2, -0.15) is 0 Å². The molecular weight excluding hydrogens is 530 g/mol. The number of nitrogens with zero attached hydrogens (tertiary/aromatic N) is 4. The third kappa shape index (κ3) is 5.65. The molecule has 0 unspecified atom stereocenters. The molecule has 0 saturated carbocycles. The number of hydrogen-bond acceptors (Lipinski definition) is 8. The van der Waals surface area contributed by atoms with E-state index in [2.05, 4.69) is 15.3 Å². The van der Waals surface area contributed by atoms with E-state index in [9.17, 15) is 14.4 Å². The van der Waals surface area contributed by atoms with Gasteiger partial charge in [0.15, 0.2) is 0 Å². The minimum atomic E-state index is -0.928. The molecule has 12 heteroatoms. The predicted octanol–water partition coefficient (Wildman–Crippen LogP) is 3.48. The van der Waals surface area contributed by atoms with Crippen LogP contribution in [0.15, 0.2) is 24.5 Å². The summed E-state index contributed by atoms with van der Waals surface area (Å²) in [6, 6.07) is 5.34. The zero-order valence-electron chi connectivity index (χ0n) is 20.9. The molecule has 2 aliphatic rings. The zero-order chi connectivity index (χ0) is 26.8. The smallest absolute Gasteiger partial charge is 0.327 e. The number of carboxylic acids is 1. The monoisotopic (exact) mass is 557 g/mol. The highest BCUT2D eigenvalue weighted by atomic mass is 35.5. The van der Waals surface area contributed by atoms with Gasteiger partial charge in [-0.1, -0.05) is 11.6 Å². The number of aromatic nitrogens is 2. The molecule has 4 heterocycles. The quantitative estimate of drug-likeness (QED) is 0.383. The highest BCUT2D eigenvalue weighted by molar-refractivity contribution is 7.19. The van der Waals surface area contributed by atoms with Crippen LogP contribution in [0.1, 0.15) is 28.8 Å². The first kappa shape index (κ1) is 26.5. The molecular formula is C26H28ClN5O5S.